The molecule has 3 nitrogen and oxygen atoms in total. The van der Waals surface area contributed by atoms with Gasteiger partial charge in [0.25, 0.3) is 0 Å². The van der Waals surface area contributed by atoms with Crippen molar-refractivity contribution in [2.75, 3.05) is 0 Å². The molecule has 108 valence electrons. The maximum atomic E-state index is 11.8. The number of fused-ring (bicyclic) bond motifs is 3. The minimum Gasteiger partial charge on any atom is -0.507 e. The van der Waals surface area contributed by atoms with Crippen LogP contribution < -0.4 is 4.74 Å². The summed E-state index contributed by atoms with van der Waals surface area (Å²) in [5.41, 5.74) is 3.70. The first-order valence-corrected chi connectivity index (χ1v) is 6.99. The van der Waals surface area contributed by atoms with Gasteiger partial charge >= 0.3 is 0 Å². The first-order valence-electron chi connectivity index (χ1n) is 6.99. The highest BCUT2D eigenvalue weighted by Gasteiger charge is 2.34. The minimum absolute atomic E-state index is 0.0195. The molecule has 0 fully saturated rings. The van der Waals surface area contributed by atoms with Gasteiger partial charge < -0.3 is 9.84 Å². The molecule has 2 aromatic carbocycles. The zero-order chi connectivity index (χ0) is 15.4. The molecule has 21 heavy (non-hydrogen) atoms. The molecule has 3 rings (SSSR count). The number of carbonyl (C=O) groups is 1. The van der Waals surface area contributed by atoms with Crippen LogP contribution in [0.25, 0.3) is 11.1 Å². The highest BCUT2D eigenvalue weighted by atomic mass is 16.5. The fourth-order valence-electron chi connectivity index (χ4n) is 3.19. The lowest BCUT2D eigenvalue weighted by Crippen LogP contribution is -2.29. The number of phenols is 1. The Labute approximate surface area is 124 Å². The van der Waals surface area contributed by atoms with Gasteiger partial charge in [-0.05, 0) is 38.8 Å². The van der Waals surface area contributed by atoms with Crippen LogP contribution in [0, 0.1) is 6.92 Å². The molecule has 0 saturated heterocycles. The molecule has 0 aliphatic carbocycles. The average Bonchev–Trinajstić information content (AvgIpc) is 2.37. The largest absolute Gasteiger partial charge is 0.507 e. The molecule has 2 aromatic rings. The average molecular weight is 282 g/mol. The molecule has 0 spiro atoms. The van der Waals surface area contributed by atoms with E-state index in [1.54, 1.807) is 6.07 Å². The van der Waals surface area contributed by atoms with Gasteiger partial charge in [0, 0.05) is 17.2 Å². The van der Waals surface area contributed by atoms with Gasteiger partial charge in [-0.1, -0.05) is 24.3 Å². The molecular formula is C18H18O3. The number of hydrogen-bond donors (Lipinski definition) is 1. The Kier molecular flexibility index (Phi) is 2.84. The Hall–Kier alpha value is -2.29. The number of phenolic OH excluding ortho intramolecular Hbond substituents is 1. The normalized spacial score (nSPS) is 14.9. The van der Waals surface area contributed by atoms with Crippen LogP contribution in [0.15, 0.2) is 30.3 Å². The van der Waals surface area contributed by atoms with Crippen molar-refractivity contribution >= 4 is 5.78 Å². The van der Waals surface area contributed by atoms with Crippen LogP contribution in [0.3, 0.4) is 0 Å². The summed E-state index contributed by atoms with van der Waals surface area (Å²) in [5, 5.41) is 10.1. The highest BCUT2D eigenvalue weighted by molar-refractivity contribution is 6.01. The lowest BCUT2D eigenvalue weighted by Gasteiger charge is -2.36. The van der Waals surface area contributed by atoms with E-state index in [2.05, 4.69) is 0 Å². The molecule has 1 aliphatic heterocycles. The summed E-state index contributed by atoms with van der Waals surface area (Å²) >= 11 is 0. The first kappa shape index (κ1) is 13.7. The quantitative estimate of drug-likeness (QED) is 0.797. The maximum Gasteiger partial charge on any atom is 0.163 e. The first-order chi connectivity index (χ1) is 9.83. The number of rotatable bonds is 1. The van der Waals surface area contributed by atoms with E-state index in [9.17, 15) is 9.90 Å². The summed E-state index contributed by atoms with van der Waals surface area (Å²) in [6.45, 7) is 7.32. The van der Waals surface area contributed by atoms with Crippen molar-refractivity contribution in [3.63, 3.8) is 0 Å². The smallest absolute Gasteiger partial charge is 0.163 e. The number of hydrogen-bond acceptors (Lipinski definition) is 3. The van der Waals surface area contributed by atoms with Gasteiger partial charge in [-0.2, -0.15) is 0 Å². The third-order valence-electron chi connectivity index (χ3n) is 4.08. The number of benzene rings is 2. The van der Waals surface area contributed by atoms with Gasteiger partial charge in [0.1, 0.15) is 17.1 Å². The predicted octanol–water partition coefficient (Wildman–Crippen LogP) is 4.20. The molecule has 0 aromatic heterocycles. The maximum absolute atomic E-state index is 11.8. The second-order valence-corrected chi connectivity index (χ2v) is 5.98. The van der Waals surface area contributed by atoms with Crippen molar-refractivity contribution in [2.45, 2.75) is 33.3 Å². The van der Waals surface area contributed by atoms with Crippen LogP contribution in [-0.4, -0.2) is 10.9 Å². The van der Waals surface area contributed by atoms with Crippen molar-refractivity contribution in [3.05, 3.63) is 47.0 Å². The molecule has 0 radical (unpaired) electrons. The molecule has 0 unspecified atom stereocenters. The van der Waals surface area contributed by atoms with Crippen LogP contribution in [-0.2, 0) is 5.60 Å². The Balaban J connectivity index is 2.40. The van der Waals surface area contributed by atoms with E-state index in [-0.39, 0.29) is 11.5 Å². The van der Waals surface area contributed by atoms with E-state index in [0.29, 0.717) is 11.3 Å². The van der Waals surface area contributed by atoms with Crippen LogP contribution in [0.4, 0.5) is 0 Å². The number of aromatic hydroxyl groups is 1. The van der Waals surface area contributed by atoms with Crippen molar-refractivity contribution in [2.24, 2.45) is 0 Å². The third kappa shape index (κ3) is 1.92. The van der Waals surface area contributed by atoms with Gasteiger partial charge in [0.05, 0.1) is 5.56 Å². The number of Topliss-reactive ketones (excluding diaryl/α,β-unsaturated/α-hetero) is 1. The van der Waals surface area contributed by atoms with E-state index < -0.39 is 5.60 Å². The SMILES string of the molecule is CC(=O)c1c(O)cc2c(c1C)-c1ccccc1C(C)(C)O2. The van der Waals surface area contributed by atoms with Crippen molar-refractivity contribution in [1.29, 1.82) is 0 Å². The second-order valence-electron chi connectivity index (χ2n) is 5.98. The third-order valence-corrected chi connectivity index (χ3v) is 4.08. The molecule has 0 bridgehead atoms. The Bertz CT molecular complexity index is 757. The molecular weight excluding hydrogens is 264 g/mol. The zero-order valence-corrected chi connectivity index (χ0v) is 12.7. The zero-order valence-electron chi connectivity index (χ0n) is 12.7. The highest BCUT2D eigenvalue weighted by Crippen LogP contribution is 2.49. The fraction of sp³-hybridized carbons (Fsp3) is 0.278. The summed E-state index contributed by atoms with van der Waals surface area (Å²) < 4.78 is 6.07. The monoisotopic (exact) mass is 282 g/mol. The predicted molar refractivity (Wildman–Crippen MR) is 81.9 cm³/mol. The van der Waals surface area contributed by atoms with E-state index in [1.165, 1.54) is 6.92 Å². The molecule has 1 aliphatic rings. The van der Waals surface area contributed by atoms with Crippen molar-refractivity contribution in [3.8, 4) is 22.6 Å². The van der Waals surface area contributed by atoms with Gasteiger partial charge in [0.2, 0.25) is 0 Å². The molecule has 1 heterocycles. The van der Waals surface area contributed by atoms with Gasteiger partial charge in [-0.15, -0.1) is 0 Å². The topological polar surface area (TPSA) is 46.5 Å². The Morgan fingerprint density at radius 2 is 1.90 bits per heavy atom. The summed E-state index contributed by atoms with van der Waals surface area (Å²) in [7, 11) is 0. The Morgan fingerprint density at radius 1 is 1.24 bits per heavy atom. The second kappa shape index (κ2) is 4.35. The fourth-order valence-corrected chi connectivity index (χ4v) is 3.19. The van der Waals surface area contributed by atoms with Gasteiger partial charge in [-0.25, -0.2) is 0 Å². The standard InChI is InChI=1S/C18H18O3/c1-10-16(11(2)19)14(20)9-15-17(10)12-7-5-6-8-13(12)18(3,4)21-15/h5-9,20H,1-4H3. The minimum atomic E-state index is -0.472. The van der Waals surface area contributed by atoms with Crippen molar-refractivity contribution < 1.29 is 14.6 Å². The molecule has 3 heteroatoms. The lowest BCUT2D eigenvalue weighted by molar-refractivity contribution is 0.101. The summed E-state index contributed by atoms with van der Waals surface area (Å²) in [5.74, 6) is 0.461. The number of carbonyl (C=O) groups excluding carboxylic acids is 1. The van der Waals surface area contributed by atoms with Crippen LogP contribution >= 0.6 is 0 Å². The molecule has 0 saturated carbocycles. The van der Waals surface area contributed by atoms with Crippen molar-refractivity contribution in [1.82, 2.24) is 0 Å². The molecule has 0 atom stereocenters. The van der Waals surface area contributed by atoms with Gasteiger partial charge in [-0.3, -0.25) is 4.79 Å². The van der Waals surface area contributed by atoms with Crippen LogP contribution in [0.5, 0.6) is 11.5 Å². The van der Waals surface area contributed by atoms with E-state index in [1.807, 2.05) is 45.0 Å². The number of ether oxygens (including phenoxy) is 1. The molecule has 1 N–H and O–H groups in total. The summed E-state index contributed by atoms with van der Waals surface area (Å²) in [6, 6.07) is 9.58. The van der Waals surface area contributed by atoms with E-state index in [4.69, 9.17) is 4.74 Å². The molecule has 0 amide bonds. The number of ketones is 1. The lowest BCUT2D eigenvalue weighted by atomic mass is 9.83. The van der Waals surface area contributed by atoms with Crippen LogP contribution in [0.2, 0.25) is 0 Å². The summed E-state index contributed by atoms with van der Waals surface area (Å²) in [6.07, 6.45) is 0. The Morgan fingerprint density at radius 3 is 2.57 bits per heavy atom. The van der Waals surface area contributed by atoms with E-state index >= 15 is 0 Å². The van der Waals surface area contributed by atoms with E-state index in [0.717, 1.165) is 22.3 Å². The summed E-state index contributed by atoms with van der Waals surface area (Å²) in [4.78, 5) is 11.8. The van der Waals surface area contributed by atoms with Crippen LogP contribution in [0.1, 0.15) is 42.3 Å². The van der Waals surface area contributed by atoms with Gasteiger partial charge in [0.15, 0.2) is 5.78 Å².